The zero-order valence-electron chi connectivity index (χ0n) is 13.0. The molecule has 0 spiro atoms. The second-order valence-electron chi connectivity index (χ2n) is 5.96. The number of nitrogens with zero attached hydrogens (tertiary/aromatic N) is 1. The highest BCUT2D eigenvalue weighted by molar-refractivity contribution is 6.08. The Kier molecular flexibility index (Phi) is 3.44. The summed E-state index contributed by atoms with van der Waals surface area (Å²) in [6, 6.07) is 27.9. The molecule has 0 aliphatic carbocycles. The van der Waals surface area contributed by atoms with Gasteiger partial charge in [0, 0.05) is 5.69 Å². The third kappa shape index (κ3) is 2.06. The Morgan fingerprint density at radius 3 is 1.83 bits per heavy atom. The molecule has 3 aromatic carbocycles. The molecule has 0 radical (unpaired) electrons. The summed E-state index contributed by atoms with van der Waals surface area (Å²) in [7, 11) is 0. The SMILES string of the molecule is O=C1N(c2ccccc2)[C@H](c2ccccc2)[C@]1(O)c1ccccc1. The van der Waals surface area contributed by atoms with Gasteiger partial charge in [-0.1, -0.05) is 78.9 Å². The van der Waals surface area contributed by atoms with Gasteiger partial charge in [-0.05, 0) is 23.3 Å². The van der Waals surface area contributed by atoms with Crippen LogP contribution in [0.3, 0.4) is 0 Å². The summed E-state index contributed by atoms with van der Waals surface area (Å²) in [6.45, 7) is 0. The Balaban J connectivity index is 1.85. The molecule has 24 heavy (non-hydrogen) atoms. The lowest BCUT2D eigenvalue weighted by Gasteiger charge is -2.53. The van der Waals surface area contributed by atoms with Crippen LogP contribution in [0.4, 0.5) is 5.69 Å². The summed E-state index contributed by atoms with van der Waals surface area (Å²) in [4.78, 5) is 14.6. The molecule has 1 amide bonds. The number of aliphatic hydroxyl groups is 1. The molecule has 3 heteroatoms. The monoisotopic (exact) mass is 315 g/mol. The Hall–Kier alpha value is -2.91. The minimum atomic E-state index is -1.54. The minimum Gasteiger partial charge on any atom is -0.373 e. The lowest BCUT2D eigenvalue weighted by molar-refractivity contribution is -0.155. The first kappa shape index (κ1) is 14.7. The van der Waals surface area contributed by atoms with Crippen molar-refractivity contribution in [3.63, 3.8) is 0 Å². The van der Waals surface area contributed by atoms with Crippen molar-refractivity contribution < 1.29 is 9.90 Å². The summed E-state index contributed by atoms with van der Waals surface area (Å²) in [5.74, 6) is -0.297. The van der Waals surface area contributed by atoms with Gasteiger partial charge in [0.15, 0.2) is 5.60 Å². The second-order valence-corrected chi connectivity index (χ2v) is 5.96. The largest absolute Gasteiger partial charge is 0.373 e. The van der Waals surface area contributed by atoms with Gasteiger partial charge in [0.05, 0.1) is 0 Å². The molecule has 3 nitrogen and oxygen atoms in total. The predicted octanol–water partition coefficient (Wildman–Crippen LogP) is 3.66. The van der Waals surface area contributed by atoms with E-state index in [1.165, 1.54) is 0 Å². The van der Waals surface area contributed by atoms with Crippen LogP contribution in [0.2, 0.25) is 0 Å². The average molecular weight is 315 g/mol. The van der Waals surface area contributed by atoms with Crippen LogP contribution in [0, 0.1) is 0 Å². The van der Waals surface area contributed by atoms with E-state index in [4.69, 9.17) is 0 Å². The fraction of sp³-hybridized carbons (Fsp3) is 0.0952. The van der Waals surface area contributed by atoms with Gasteiger partial charge in [-0.3, -0.25) is 9.69 Å². The van der Waals surface area contributed by atoms with E-state index < -0.39 is 11.6 Å². The molecule has 0 unspecified atom stereocenters. The molecule has 1 aliphatic rings. The lowest BCUT2D eigenvalue weighted by Crippen LogP contribution is -2.66. The van der Waals surface area contributed by atoms with Crippen LogP contribution in [-0.2, 0) is 10.4 Å². The molecule has 1 heterocycles. The number of amides is 1. The van der Waals surface area contributed by atoms with Crippen molar-refractivity contribution in [2.75, 3.05) is 4.90 Å². The summed E-state index contributed by atoms with van der Waals surface area (Å²) < 4.78 is 0. The molecule has 1 aliphatic heterocycles. The standard InChI is InChI=1S/C21H17NO2/c23-20-21(24,17-12-6-2-7-13-17)19(16-10-4-1-5-11-16)22(20)18-14-8-3-9-15-18/h1-15,19,24H/t19-,21-/m1/s1. The first-order valence-electron chi connectivity index (χ1n) is 7.94. The van der Waals surface area contributed by atoms with E-state index in [1.807, 2.05) is 78.9 Å². The summed E-state index contributed by atoms with van der Waals surface area (Å²) in [6.07, 6.45) is 0. The maximum atomic E-state index is 12.9. The number of benzene rings is 3. The topological polar surface area (TPSA) is 40.5 Å². The Morgan fingerprint density at radius 2 is 1.25 bits per heavy atom. The van der Waals surface area contributed by atoms with Crippen molar-refractivity contribution in [1.82, 2.24) is 0 Å². The molecule has 1 saturated heterocycles. The number of hydrogen-bond donors (Lipinski definition) is 1. The van der Waals surface area contributed by atoms with E-state index in [-0.39, 0.29) is 5.91 Å². The molecular weight excluding hydrogens is 298 g/mol. The summed E-state index contributed by atoms with van der Waals surface area (Å²) in [5.41, 5.74) is 0.777. The third-order valence-corrected chi connectivity index (χ3v) is 4.56. The van der Waals surface area contributed by atoms with E-state index in [2.05, 4.69) is 0 Å². The first-order valence-corrected chi connectivity index (χ1v) is 7.94. The van der Waals surface area contributed by atoms with E-state index in [0.29, 0.717) is 5.56 Å². The highest BCUT2D eigenvalue weighted by Crippen LogP contribution is 2.51. The van der Waals surface area contributed by atoms with Crippen molar-refractivity contribution >= 4 is 11.6 Å². The number of carbonyl (C=O) groups excluding carboxylic acids is 1. The molecule has 2 atom stereocenters. The van der Waals surface area contributed by atoms with E-state index in [1.54, 1.807) is 17.0 Å². The summed E-state index contributed by atoms with van der Waals surface area (Å²) in [5, 5.41) is 11.3. The molecule has 0 saturated carbocycles. The zero-order valence-corrected chi connectivity index (χ0v) is 13.0. The van der Waals surface area contributed by atoms with Gasteiger partial charge in [0.2, 0.25) is 0 Å². The van der Waals surface area contributed by atoms with Gasteiger partial charge < -0.3 is 5.11 Å². The number of hydrogen-bond acceptors (Lipinski definition) is 2. The first-order chi connectivity index (χ1) is 11.7. The van der Waals surface area contributed by atoms with Crippen LogP contribution >= 0.6 is 0 Å². The Bertz CT molecular complexity index is 849. The van der Waals surface area contributed by atoms with Gasteiger partial charge >= 0.3 is 0 Å². The van der Waals surface area contributed by atoms with Crippen LogP contribution in [0.25, 0.3) is 0 Å². The van der Waals surface area contributed by atoms with Gasteiger partial charge in [0.1, 0.15) is 6.04 Å². The molecule has 4 rings (SSSR count). The highest BCUT2D eigenvalue weighted by Gasteiger charge is 2.62. The normalized spacial score (nSPS) is 23.0. The van der Waals surface area contributed by atoms with E-state index >= 15 is 0 Å². The van der Waals surface area contributed by atoms with E-state index in [0.717, 1.165) is 11.3 Å². The average Bonchev–Trinajstić information content (AvgIpc) is 2.67. The van der Waals surface area contributed by atoms with Crippen molar-refractivity contribution in [3.05, 3.63) is 102 Å². The molecular formula is C21H17NO2. The number of para-hydroxylation sites is 1. The van der Waals surface area contributed by atoms with Crippen LogP contribution in [-0.4, -0.2) is 11.0 Å². The summed E-state index contributed by atoms with van der Waals surface area (Å²) >= 11 is 0. The van der Waals surface area contributed by atoms with Crippen molar-refractivity contribution in [2.45, 2.75) is 11.6 Å². The fourth-order valence-electron chi connectivity index (χ4n) is 3.39. The second kappa shape index (κ2) is 5.62. The smallest absolute Gasteiger partial charge is 0.266 e. The number of rotatable bonds is 3. The maximum absolute atomic E-state index is 12.9. The van der Waals surface area contributed by atoms with Crippen LogP contribution in [0.1, 0.15) is 17.2 Å². The Morgan fingerprint density at radius 1 is 0.750 bits per heavy atom. The number of carbonyl (C=O) groups is 1. The van der Waals surface area contributed by atoms with Gasteiger partial charge in [-0.15, -0.1) is 0 Å². The van der Waals surface area contributed by atoms with Crippen molar-refractivity contribution in [1.29, 1.82) is 0 Å². The molecule has 0 aromatic heterocycles. The predicted molar refractivity (Wildman–Crippen MR) is 93.4 cm³/mol. The molecule has 0 bridgehead atoms. The van der Waals surface area contributed by atoms with Crippen molar-refractivity contribution in [2.24, 2.45) is 0 Å². The quantitative estimate of drug-likeness (QED) is 0.749. The van der Waals surface area contributed by atoms with Crippen LogP contribution in [0.5, 0.6) is 0 Å². The van der Waals surface area contributed by atoms with Crippen LogP contribution in [0.15, 0.2) is 91.0 Å². The zero-order chi connectivity index (χ0) is 16.6. The Labute approximate surface area is 140 Å². The molecule has 1 N–H and O–H groups in total. The fourth-order valence-corrected chi connectivity index (χ4v) is 3.39. The minimum absolute atomic E-state index is 0.297. The number of anilines is 1. The van der Waals surface area contributed by atoms with Gasteiger partial charge in [-0.25, -0.2) is 0 Å². The molecule has 118 valence electrons. The molecule has 1 fully saturated rings. The lowest BCUT2D eigenvalue weighted by atomic mass is 9.73. The van der Waals surface area contributed by atoms with Gasteiger partial charge in [-0.2, -0.15) is 0 Å². The highest BCUT2D eigenvalue weighted by atomic mass is 16.3. The van der Waals surface area contributed by atoms with E-state index in [9.17, 15) is 9.90 Å². The third-order valence-electron chi connectivity index (χ3n) is 4.56. The number of β-lactam (4-membered cyclic amide) rings is 1. The van der Waals surface area contributed by atoms with Crippen molar-refractivity contribution in [3.8, 4) is 0 Å². The van der Waals surface area contributed by atoms with Gasteiger partial charge in [0.25, 0.3) is 5.91 Å². The van der Waals surface area contributed by atoms with Crippen LogP contribution < -0.4 is 4.90 Å². The molecule has 3 aromatic rings. The maximum Gasteiger partial charge on any atom is 0.266 e.